The lowest BCUT2D eigenvalue weighted by Crippen LogP contribution is -2.36. The lowest BCUT2D eigenvalue weighted by molar-refractivity contribution is 0.158. The van der Waals surface area contributed by atoms with Gasteiger partial charge in [-0.05, 0) is 24.8 Å². The van der Waals surface area contributed by atoms with Crippen LogP contribution in [-0.2, 0) is 0 Å². The first-order valence-corrected chi connectivity index (χ1v) is 6.92. The van der Waals surface area contributed by atoms with E-state index in [1.54, 1.807) is 0 Å². The van der Waals surface area contributed by atoms with Gasteiger partial charge in [-0.25, -0.2) is 8.78 Å². The summed E-state index contributed by atoms with van der Waals surface area (Å²) in [6.07, 6.45) is 3.71. The van der Waals surface area contributed by atoms with Gasteiger partial charge >= 0.3 is 0 Å². The molecule has 1 saturated carbocycles. The molecule has 0 amide bonds. The highest BCUT2D eigenvalue weighted by molar-refractivity contribution is 5.21. The van der Waals surface area contributed by atoms with Crippen LogP contribution in [0.2, 0.25) is 0 Å². The zero-order valence-corrected chi connectivity index (χ0v) is 11.2. The smallest absolute Gasteiger partial charge is 0.131 e. The fourth-order valence-corrected chi connectivity index (χ4v) is 2.78. The van der Waals surface area contributed by atoms with Gasteiger partial charge in [-0.2, -0.15) is 0 Å². The molecule has 0 spiro atoms. The first-order valence-electron chi connectivity index (χ1n) is 6.92. The minimum absolute atomic E-state index is 0.151. The van der Waals surface area contributed by atoms with Crippen molar-refractivity contribution in [1.82, 2.24) is 5.32 Å². The zero-order valence-electron chi connectivity index (χ0n) is 11.2. The van der Waals surface area contributed by atoms with Gasteiger partial charge in [0.1, 0.15) is 11.6 Å². The number of aliphatic hydroxyl groups is 1. The topological polar surface area (TPSA) is 32.3 Å². The second-order valence-electron chi connectivity index (χ2n) is 5.56. The summed E-state index contributed by atoms with van der Waals surface area (Å²) < 4.78 is 26.3. The summed E-state index contributed by atoms with van der Waals surface area (Å²) in [5.74, 6) is -0.611. The number of hydrogen-bond donors (Lipinski definition) is 2. The van der Waals surface area contributed by atoms with Gasteiger partial charge in [-0.15, -0.1) is 0 Å². The lowest BCUT2D eigenvalue weighted by Gasteiger charge is -2.28. The standard InChI is InChI=1S/C15H21F2NO/c1-10-3-2-4-12(7-10)18-9-15(19)13-6-5-11(16)8-14(13)17/h5-6,8,10,12,15,18-19H,2-4,7,9H2,1H3. The minimum atomic E-state index is -0.933. The highest BCUT2D eigenvalue weighted by Gasteiger charge is 2.20. The normalized spacial score (nSPS) is 25.3. The Balaban J connectivity index is 1.88. The zero-order chi connectivity index (χ0) is 13.8. The van der Waals surface area contributed by atoms with Crippen LogP contribution in [0, 0.1) is 17.6 Å². The Bertz CT molecular complexity index is 425. The molecule has 2 rings (SSSR count). The molecule has 0 aliphatic heterocycles. The van der Waals surface area contributed by atoms with Gasteiger partial charge < -0.3 is 10.4 Å². The molecule has 1 fully saturated rings. The molecule has 1 aromatic rings. The Kier molecular flexibility index (Phi) is 4.88. The Hall–Kier alpha value is -1.00. The molecular formula is C15H21F2NO. The van der Waals surface area contributed by atoms with E-state index in [0.717, 1.165) is 18.9 Å². The summed E-state index contributed by atoms with van der Waals surface area (Å²) in [5, 5.41) is 13.2. The summed E-state index contributed by atoms with van der Waals surface area (Å²) in [6.45, 7) is 2.53. The van der Waals surface area contributed by atoms with E-state index in [2.05, 4.69) is 12.2 Å². The van der Waals surface area contributed by atoms with Crippen molar-refractivity contribution >= 4 is 0 Å². The van der Waals surface area contributed by atoms with E-state index >= 15 is 0 Å². The van der Waals surface area contributed by atoms with Gasteiger partial charge in [0, 0.05) is 24.2 Å². The van der Waals surface area contributed by atoms with Gasteiger partial charge in [0.05, 0.1) is 6.10 Å². The van der Waals surface area contributed by atoms with E-state index in [1.165, 1.54) is 25.0 Å². The SMILES string of the molecule is CC1CCCC(NCC(O)c2ccc(F)cc2F)C1. The largest absolute Gasteiger partial charge is 0.387 e. The molecule has 0 aromatic heterocycles. The van der Waals surface area contributed by atoms with Gasteiger partial charge in [-0.1, -0.05) is 25.8 Å². The van der Waals surface area contributed by atoms with E-state index in [1.807, 2.05) is 0 Å². The first kappa shape index (κ1) is 14.4. The van der Waals surface area contributed by atoms with Crippen molar-refractivity contribution in [2.24, 2.45) is 5.92 Å². The fourth-order valence-electron chi connectivity index (χ4n) is 2.78. The summed E-state index contributed by atoms with van der Waals surface area (Å²) in [4.78, 5) is 0. The van der Waals surface area contributed by atoms with Crippen LogP contribution in [0.1, 0.15) is 44.3 Å². The minimum Gasteiger partial charge on any atom is -0.387 e. The number of nitrogens with one attached hydrogen (secondary N) is 1. The summed E-state index contributed by atoms with van der Waals surface area (Å²) >= 11 is 0. The molecule has 2 N–H and O–H groups in total. The predicted molar refractivity (Wildman–Crippen MR) is 70.7 cm³/mol. The number of aliphatic hydroxyl groups excluding tert-OH is 1. The number of benzene rings is 1. The molecular weight excluding hydrogens is 248 g/mol. The molecule has 4 heteroatoms. The van der Waals surface area contributed by atoms with Gasteiger partial charge in [-0.3, -0.25) is 0 Å². The third-order valence-corrected chi connectivity index (χ3v) is 3.86. The summed E-state index contributed by atoms with van der Waals surface area (Å²) in [7, 11) is 0. The maximum Gasteiger partial charge on any atom is 0.131 e. The third kappa shape index (κ3) is 3.98. The second-order valence-corrected chi connectivity index (χ2v) is 5.56. The molecule has 2 nitrogen and oxygen atoms in total. The monoisotopic (exact) mass is 269 g/mol. The van der Waals surface area contributed by atoms with Crippen LogP contribution in [-0.4, -0.2) is 17.7 Å². The molecule has 0 bridgehead atoms. The van der Waals surface area contributed by atoms with Crippen molar-refractivity contribution in [2.75, 3.05) is 6.54 Å². The molecule has 0 heterocycles. The van der Waals surface area contributed by atoms with Crippen LogP contribution >= 0.6 is 0 Å². The molecule has 106 valence electrons. The summed E-state index contributed by atoms with van der Waals surface area (Å²) in [5.41, 5.74) is 0.151. The van der Waals surface area contributed by atoms with Crippen LogP contribution in [0.5, 0.6) is 0 Å². The van der Waals surface area contributed by atoms with Crippen molar-refractivity contribution < 1.29 is 13.9 Å². The molecule has 19 heavy (non-hydrogen) atoms. The lowest BCUT2D eigenvalue weighted by atomic mass is 9.87. The van der Waals surface area contributed by atoms with Gasteiger partial charge in [0.25, 0.3) is 0 Å². The van der Waals surface area contributed by atoms with E-state index in [9.17, 15) is 13.9 Å². The summed E-state index contributed by atoms with van der Waals surface area (Å²) in [6, 6.07) is 3.67. The number of rotatable bonds is 4. The highest BCUT2D eigenvalue weighted by Crippen LogP contribution is 2.24. The fraction of sp³-hybridized carbons (Fsp3) is 0.600. The van der Waals surface area contributed by atoms with Crippen molar-refractivity contribution in [1.29, 1.82) is 0 Å². The molecule has 3 atom stereocenters. The van der Waals surface area contributed by atoms with Crippen molar-refractivity contribution in [2.45, 2.75) is 44.8 Å². The van der Waals surface area contributed by atoms with E-state index < -0.39 is 17.7 Å². The maximum atomic E-state index is 13.5. The van der Waals surface area contributed by atoms with E-state index in [4.69, 9.17) is 0 Å². The number of hydrogen-bond acceptors (Lipinski definition) is 2. The van der Waals surface area contributed by atoms with E-state index in [0.29, 0.717) is 18.5 Å². The van der Waals surface area contributed by atoms with Crippen LogP contribution in [0.3, 0.4) is 0 Å². The molecule has 1 aromatic carbocycles. The maximum absolute atomic E-state index is 13.5. The van der Waals surface area contributed by atoms with Gasteiger partial charge in [0.2, 0.25) is 0 Å². The highest BCUT2D eigenvalue weighted by atomic mass is 19.1. The van der Waals surface area contributed by atoms with Crippen molar-refractivity contribution in [3.05, 3.63) is 35.4 Å². The third-order valence-electron chi connectivity index (χ3n) is 3.86. The predicted octanol–water partition coefficient (Wildman–Crippen LogP) is 3.17. The first-order chi connectivity index (χ1) is 9.06. The Morgan fingerprint density at radius 1 is 1.37 bits per heavy atom. The Labute approximate surface area is 112 Å². The Morgan fingerprint density at radius 3 is 2.84 bits per heavy atom. The van der Waals surface area contributed by atoms with Crippen LogP contribution in [0.25, 0.3) is 0 Å². The van der Waals surface area contributed by atoms with Crippen LogP contribution in [0.15, 0.2) is 18.2 Å². The second kappa shape index (κ2) is 6.44. The van der Waals surface area contributed by atoms with Gasteiger partial charge in [0.15, 0.2) is 0 Å². The quantitative estimate of drug-likeness (QED) is 0.880. The molecule has 3 unspecified atom stereocenters. The van der Waals surface area contributed by atoms with Crippen molar-refractivity contribution in [3.63, 3.8) is 0 Å². The Morgan fingerprint density at radius 2 is 2.16 bits per heavy atom. The van der Waals surface area contributed by atoms with E-state index in [-0.39, 0.29) is 5.56 Å². The van der Waals surface area contributed by atoms with Crippen molar-refractivity contribution in [3.8, 4) is 0 Å². The average Bonchev–Trinajstić information content (AvgIpc) is 2.36. The molecule has 0 radical (unpaired) electrons. The molecule has 1 aliphatic rings. The average molecular weight is 269 g/mol. The van der Waals surface area contributed by atoms with Crippen LogP contribution < -0.4 is 5.32 Å². The molecule has 0 saturated heterocycles. The number of halogens is 2. The van der Waals surface area contributed by atoms with Crippen LogP contribution in [0.4, 0.5) is 8.78 Å². The molecule has 1 aliphatic carbocycles.